The summed E-state index contributed by atoms with van der Waals surface area (Å²) in [5.74, 6) is 0.591. The van der Waals surface area contributed by atoms with Crippen LogP contribution in [0.2, 0.25) is 0 Å². The van der Waals surface area contributed by atoms with Crippen LogP contribution < -0.4 is 5.56 Å². The fourth-order valence-corrected chi connectivity index (χ4v) is 4.95. The summed E-state index contributed by atoms with van der Waals surface area (Å²) in [4.78, 5) is 26.4. The van der Waals surface area contributed by atoms with Gasteiger partial charge in [-0.1, -0.05) is 53.2 Å². The lowest BCUT2D eigenvalue weighted by Crippen LogP contribution is -2.35. The lowest BCUT2D eigenvalue weighted by atomic mass is 9.75. The highest BCUT2D eigenvalue weighted by Crippen LogP contribution is 2.36. The molecule has 0 spiro atoms. The summed E-state index contributed by atoms with van der Waals surface area (Å²) in [6.45, 7) is 12.3. The summed E-state index contributed by atoms with van der Waals surface area (Å²) in [7, 11) is 0. The minimum atomic E-state index is -0.533. The Morgan fingerprint density at radius 2 is 1.95 bits per heavy atom. The van der Waals surface area contributed by atoms with Crippen LogP contribution in [-0.2, 0) is 11.3 Å². The zero-order chi connectivity index (χ0) is 27.3. The molecule has 0 saturated heterocycles. The van der Waals surface area contributed by atoms with E-state index < -0.39 is 11.5 Å². The van der Waals surface area contributed by atoms with Crippen LogP contribution in [0.1, 0.15) is 81.8 Å². The van der Waals surface area contributed by atoms with Gasteiger partial charge in [-0.05, 0) is 62.0 Å². The Morgan fingerprint density at radius 1 is 1.24 bits per heavy atom. The second-order valence-electron chi connectivity index (χ2n) is 10.7. The number of hydrogen-bond acceptors (Lipinski definition) is 7. The van der Waals surface area contributed by atoms with Crippen molar-refractivity contribution in [3.05, 3.63) is 51.3 Å². The van der Waals surface area contributed by atoms with Crippen LogP contribution in [0.5, 0.6) is 5.88 Å². The first kappa shape index (κ1) is 28.1. The third-order valence-corrected chi connectivity index (χ3v) is 7.55. The lowest BCUT2D eigenvalue weighted by Gasteiger charge is -2.36. The number of carbonyl (C=O) groups is 1. The first-order chi connectivity index (χ1) is 17.6. The number of hydrogen-bond donors (Lipinski definition) is 1. The van der Waals surface area contributed by atoms with Gasteiger partial charge in [-0.15, -0.1) is 10.2 Å². The molecule has 1 heterocycles. The van der Waals surface area contributed by atoms with Crippen molar-refractivity contribution in [1.29, 1.82) is 5.26 Å². The van der Waals surface area contributed by atoms with Crippen molar-refractivity contribution in [3.63, 3.8) is 0 Å². The molecular formula is C29H38N4O4. The SMILES string of the molecule is CCC(C)Cn1c(O)c(C#N)c(C)c(N=Nc2ccccc2C(=O)OC2CCC(C)CC2C(C)C)c1=O. The molecule has 0 aliphatic heterocycles. The van der Waals surface area contributed by atoms with E-state index in [0.29, 0.717) is 17.8 Å². The normalized spacial score (nSPS) is 20.6. The molecule has 1 aromatic carbocycles. The maximum Gasteiger partial charge on any atom is 0.340 e. The number of azo groups is 1. The van der Waals surface area contributed by atoms with Crippen molar-refractivity contribution in [2.24, 2.45) is 33.9 Å². The van der Waals surface area contributed by atoms with Gasteiger partial charge in [0.1, 0.15) is 23.4 Å². The number of esters is 1. The Morgan fingerprint density at radius 3 is 2.59 bits per heavy atom. The monoisotopic (exact) mass is 506 g/mol. The number of nitriles is 1. The third-order valence-electron chi connectivity index (χ3n) is 7.55. The van der Waals surface area contributed by atoms with Crippen LogP contribution in [0.3, 0.4) is 0 Å². The quantitative estimate of drug-likeness (QED) is 0.312. The number of rotatable bonds is 8. The molecule has 8 nitrogen and oxygen atoms in total. The lowest BCUT2D eigenvalue weighted by molar-refractivity contribution is -0.0160. The molecule has 1 aliphatic carbocycles. The van der Waals surface area contributed by atoms with E-state index in [0.717, 1.165) is 25.7 Å². The second-order valence-corrected chi connectivity index (χ2v) is 10.7. The van der Waals surface area contributed by atoms with E-state index in [9.17, 15) is 20.0 Å². The number of nitrogens with zero attached hydrogens (tertiary/aromatic N) is 4. The number of benzene rings is 1. The zero-order valence-corrected chi connectivity index (χ0v) is 22.7. The van der Waals surface area contributed by atoms with Crippen LogP contribution in [0.25, 0.3) is 0 Å². The van der Waals surface area contributed by atoms with Gasteiger partial charge in [-0.25, -0.2) is 4.79 Å². The molecule has 1 saturated carbocycles. The minimum absolute atomic E-state index is 0.0178. The summed E-state index contributed by atoms with van der Waals surface area (Å²) >= 11 is 0. The predicted octanol–water partition coefficient (Wildman–Crippen LogP) is 6.81. The number of aromatic hydroxyl groups is 1. The van der Waals surface area contributed by atoms with E-state index in [1.165, 1.54) is 4.57 Å². The van der Waals surface area contributed by atoms with Crippen molar-refractivity contribution in [2.45, 2.75) is 79.9 Å². The van der Waals surface area contributed by atoms with Crippen LogP contribution in [0, 0.1) is 41.9 Å². The van der Waals surface area contributed by atoms with Gasteiger partial charge < -0.3 is 9.84 Å². The van der Waals surface area contributed by atoms with Gasteiger partial charge in [0.15, 0.2) is 5.69 Å². The number of ether oxygens (including phenoxy) is 1. The third kappa shape index (κ3) is 6.27. The van der Waals surface area contributed by atoms with Gasteiger partial charge in [0, 0.05) is 12.1 Å². The average molecular weight is 507 g/mol. The van der Waals surface area contributed by atoms with Crippen LogP contribution in [0.15, 0.2) is 39.3 Å². The van der Waals surface area contributed by atoms with Crippen molar-refractivity contribution < 1.29 is 14.6 Å². The van der Waals surface area contributed by atoms with Crippen molar-refractivity contribution >= 4 is 17.3 Å². The fraction of sp³-hybridized carbons (Fsp3) is 0.552. The summed E-state index contributed by atoms with van der Waals surface area (Å²) in [6, 6.07) is 8.71. The summed E-state index contributed by atoms with van der Waals surface area (Å²) in [6.07, 6.45) is 3.53. The Hall–Kier alpha value is -3.47. The molecule has 1 N–H and O–H groups in total. The van der Waals surface area contributed by atoms with E-state index in [1.807, 2.05) is 19.9 Å². The highest BCUT2D eigenvalue weighted by atomic mass is 16.5. The molecule has 37 heavy (non-hydrogen) atoms. The molecule has 3 rings (SSSR count). The van der Waals surface area contributed by atoms with E-state index in [2.05, 4.69) is 31.0 Å². The first-order valence-electron chi connectivity index (χ1n) is 13.2. The highest BCUT2D eigenvalue weighted by molar-refractivity contribution is 5.94. The van der Waals surface area contributed by atoms with Crippen molar-refractivity contribution in [3.8, 4) is 11.9 Å². The molecule has 0 amide bonds. The van der Waals surface area contributed by atoms with Gasteiger partial charge in [-0.3, -0.25) is 9.36 Å². The molecule has 0 radical (unpaired) electrons. The van der Waals surface area contributed by atoms with Gasteiger partial charge in [0.25, 0.3) is 5.56 Å². The second kappa shape index (κ2) is 12.2. The highest BCUT2D eigenvalue weighted by Gasteiger charge is 2.34. The predicted molar refractivity (Wildman–Crippen MR) is 142 cm³/mol. The molecule has 4 unspecified atom stereocenters. The number of aromatic nitrogens is 1. The van der Waals surface area contributed by atoms with Crippen molar-refractivity contribution in [1.82, 2.24) is 4.57 Å². The molecule has 8 heteroatoms. The van der Waals surface area contributed by atoms with Gasteiger partial charge in [-0.2, -0.15) is 5.26 Å². The Bertz CT molecular complexity index is 1260. The van der Waals surface area contributed by atoms with Crippen LogP contribution in [-0.4, -0.2) is 21.7 Å². The van der Waals surface area contributed by atoms with Gasteiger partial charge in [0.05, 0.1) is 5.56 Å². The summed E-state index contributed by atoms with van der Waals surface area (Å²) < 4.78 is 7.16. The van der Waals surface area contributed by atoms with E-state index in [4.69, 9.17) is 4.74 Å². The Kier molecular flexibility index (Phi) is 9.25. The molecule has 1 aliphatic rings. The van der Waals surface area contributed by atoms with Crippen LogP contribution in [0.4, 0.5) is 11.4 Å². The average Bonchev–Trinajstić information content (AvgIpc) is 2.87. The zero-order valence-electron chi connectivity index (χ0n) is 22.7. The van der Waals surface area contributed by atoms with E-state index in [1.54, 1.807) is 31.2 Å². The standard InChI is InChI=1S/C29H38N4O4/c1-7-18(4)16-33-27(34)23(15-30)20(6)26(28(33)35)32-31-24-11-9-8-10-21(24)29(36)37-25-13-12-19(5)14-22(25)17(2)3/h8-11,17-19,22,25,34H,7,12-14,16H2,1-6H3. The Labute approximate surface area is 219 Å². The maximum absolute atomic E-state index is 13.2. The largest absolute Gasteiger partial charge is 0.493 e. The Balaban J connectivity index is 1.95. The summed E-state index contributed by atoms with van der Waals surface area (Å²) in [5, 5.41) is 28.6. The molecule has 1 aromatic heterocycles. The fourth-order valence-electron chi connectivity index (χ4n) is 4.95. The van der Waals surface area contributed by atoms with Gasteiger partial charge >= 0.3 is 5.97 Å². The smallest absolute Gasteiger partial charge is 0.340 e. The van der Waals surface area contributed by atoms with E-state index in [-0.39, 0.29) is 52.5 Å². The molecule has 0 bridgehead atoms. The first-order valence-corrected chi connectivity index (χ1v) is 13.2. The number of carbonyl (C=O) groups excluding carboxylic acids is 1. The summed E-state index contributed by atoms with van der Waals surface area (Å²) in [5.41, 5.74) is 0.193. The molecule has 198 valence electrons. The molecular weight excluding hydrogens is 468 g/mol. The maximum atomic E-state index is 13.2. The topological polar surface area (TPSA) is 117 Å². The van der Waals surface area contributed by atoms with Crippen molar-refractivity contribution in [2.75, 3.05) is 0 Å². The molecule has 2 aromatic rings. The minimum Gasteiger partial charge on any atom is -0.493 e. The molecule has 4 atom stereocenters. The van der Waals surface area contributed by atoms with Crippen LogP contribution >= 0.6 is 0 Å². The van der Waals surface area contributed by atoms with E-state index >= 15 is 0 Å². The molecule has 1 fully saturated rings. The number of pyridine rings is 1. The van der Waals surface area contributed by atoms with Gasteiger partial charge in [0.2, 0.25) is 5.88 Å².